The lowest BCUT2D eigenvalue weighted by atomic mass is 9.99. The normalized spacial score (nSPS) is 28.2. The second-order valence-electron chi connectivity index (χ2n) is 7.21. The Bertz CT molecular complexity index is 495. The molecule has 24 heavy (non-hydrogen) atoms. The first-order valence-electron chi connectivity index (χ1n) is 8.78. The van der Waals surface area contributed by atoms with Gasteiger partial charge in [-0.2, -0.15) is 0 Å². The van der Waals surface area contributed by atoms with Crippen molar-refractivity contribution in [3.8, 4) is 0 Å². The molecule has 2 fully saturated rings. The van der Waals surface area contributed by atoms with Gasteiger partial charge in [-0.15, -0.1) is 23.7 Å². The molecular weight excluding hydrogens is 347 g/mol. The topological polar surface area (TPSA) is 31.4 Å². The van der Waals surface area contributed by atoms with Crippen LogP contribution in [0, 0.1) is 12.8 Å². The van der Waals surface area contributed by atoms with E-state index >= 15 is 0 Å². The van der Waals surface area contributed by atoms with Crippen LogP contribution in [0.4, 0.5) is 4.39 Å². The van der Waals surface area contributed by atoms with Gasteiger partial charge in [0.25, 0.3) is 0 Å². The lowest BCUT2D eigenvalue weighted by molar-refractivity contribution is 0.165. The van der Waals surface area contributed by atoms with E-state index in [1.807, 2.05) is 12.4 Å². The summed E-state index contributed by atoms with van der Waals surface area (Å²) in [7, 11) is 2.19. The third-order valence-electron chi connectivity index (χ3n) is 5.16. The molecule has 0 aliphatic carbocycles. The van der Waals surface area contributed by atoms with E-state index in [2.05, 4.69) is 27.1 Å². The van der Waals surface area contributed by atoms with Gasteiger partial charge in [0, 0.05) is 37.1 Å². The summed E-state index contributed by atoms with van der Waals surface area (Å²) in [5.74, 6) is 0.744. The number of halogens is 2. The van der Waals surface area contributed by atoms with E-state index in [0.29, 0.717) is 19.0 Å². The average molecular weight is 377 g/mol. The van der Waals surface area contributed by atoms with Crippen molar-refractivity contribution in [3.63, 3.8) is 0 Å². The molecule has 3 heterocycles. The number of thiazole rings is 1. The van der Waals surface area contributed by atoms with Crippen molar-refractivity contribution >= 4 is 23.7 Å². The monoisotopic (exact) mass is 376 g/mol. The van der Waals surface area contributed by atoms with E-state index in [9.17, 15) is 4.39 Å². The van der Waals surface area contributed by atoms with Crippen LogP contribution in [-0.4, -0.2) is 66.8 Å². The number of piperidine rings is 1. The Balaban J connectivity index is 0.00000208. The SMILES string of the molecule is Cc1ncsc1CN1C[C@@H](F)C[C@H]1CN(C)CC1CCCNC1.Cl. The lowest BCUT2D eigenvalue weighted by Gasteiger charge is -2.31. The molecule has 0 spiro atoms. The van der Waals surface area contributed by atoms with Crippen LogP contribution in [0.25, 0.3) is 0 Å². The van der Waals surface area contributed by atoms with Crippen molar-refractivity contribution in [2.24, 2.45) is 5.92 Å². The van der Waals surface area contributed by atoms with Crippen LogP contribution in [0.3, 0.4) is 0 Å². The fraction of sp³-hybridized carbons (Fsp3) is 0.824. The summed E-state index contributed by atoms with van der Waals surface area (Å²) in [4.78, 5) is 10.3. The molecule has 1 aromatic heterocycles. The van der Waals surface area contributed by atoms with Gasteiger partial charge in [0.05, 0.1) is 11.2 Å². The number of alkyl halides is 1. The number of likely N-dealkylation sites (N-methyl/N-ethyl adjacent to an activating group) is 1. The largest absolute Gasteiger partial charge is 0.316 e. The number of aryl methyl sites for hydroxylation is 1. The van der Waals surface area contributed by atoms with E-state index in [-0.39, 0.29) is 12.4 Å². The smallest absolute Gasteiger partial charge is 0.114 e. The maximum absolute atomic E-state index is 14.0. The van der Waals surface area contributed by atoms with Gasteiger partial charge in [0.2, 0.25) is 0 Å². The van der Waals surface area contributed by atoms with Crippen molar-refractivity contribution in [1.82, 2.24) is 20.1 Å². The number of hydrogen-bond donors (Lipinski definition) is 1. The fourth-order valence-electron chi connectivity index (χ4n) is 3.92. The van der Waals surface area contributed by atoms with Gasteiger partial charge in [-0.05, 0) is 52.2 Å². The molecule has 3 atom stereocenters. The molecule has 7 heteroatoms. The van der Waals surface area contributed by atoms with Crippen molar-refractivity contribution in [2.45, 2.75) is 44.9 Å². The minimum Gasteiger partial charge on any atom is -0.316 e. The van der Waals surface area contributed by atoms with Crippen molar-refractivity contribution < 1.29 is 4.39 Å². The molecule has 1 unspecified atom stereocenters. The van der Waals surface area contributed by atoms with Gasteiger partial charge in [-0.1, -0.05) is 0 Å². The minimum atomic E-state index is -0.682. The Labute approximate surface area is 155 Å². The molecule has 0 aromatic carbocycles. The molecule has 0 saturated carbocycles. The first kappa shape index (κ1) is 20.0. The Kier molecular flexibility index (Phi) is 7.88. The van der Waals surface area contributed by atoms with E-state index in [0.717, 1.165) is 44.3 Å². The predicted molar refractivity (Wildman–Crippen MR) is 101 cm³/mol. The fourth-order valence-corrected chi connectivity index (χ4v) is 4.73. The standard InChI is InChI=1S/C17H29FN4S.ClH/c1-13-17(23-12-20-13)11-22-9-15(18)6-16(22)10-21(2)8-14-4-3-5-19-7-14;/h12,14-16,19H,3-11H2,1-2H3;1H/t14?,15-,16-;/m0./s1. The van der Waals surface area contributed by atoms with Crippen molar-refractivity contribution in [2.75, 3.05) is 39.8 Å². The second kappa shape index (κ2) is 9.43. The Hall–Kier alpha value is -0.270. The maximum Gasteiger partial charge on any atom is 0.114 e. The van der Waals surface area contributed by atoms with Crippen LogP contribution in [0.1, 0.15) is 29.8 Å². The number of nitrogens with one attached hydrogen (secondary N) is 1. The zero-order chi connectivity index (χ0) is 16.2. The van der Waals surface area contributed by atoms with E-state index in [4.69, 9.17) is 0 Å². The van der Waals surface area contributed by atoms with Crippen LogP contribution < -0.4 is 5.32 Å². The zero-order valence-corrected chi connectivity index (χ0v) is 16.3. The van der Waals surface area contributed by atoms with Gasteiger partial charge in [0.15, 0.2) is 0 Å². The first-order valence-corrected chi connectivity index (χ1v) is 9.66. The minimum absolute atomic E-state index is 0. The zero-order valence-electron chi connectivity index (χ0n) is 14.7. The van der Waals surface area contributed by atoms with Gasteiger partial charge < -0.3 is 10.2 Å². The van der Waals surface area contributed by atoms with E-state index in [1.54, 1.807) is 11.3 Å². The maximum atomic E-state index is 14.0. The number of nitrogens with zero attached hydrogens (tertiary/aromatic N) is 3. The van der Waals surface area contributed by atoms with Crippen LogP contribution in [0.15, 0.2) is 5.51 Å². The highest BCUT2D eigenvalue weighted by Crippen LogP contribution is 2.26. The molecule has 2 saturated heterocycles. The number of aromatic nitrogens is 1. The second-order valence-corrected chi connectivity index (χ2v) is 8.15. The van der Waals surface area contributed by atoms with Crippen molar-refractivity contribution in [3.05, 3.63) is 16.1 Å². The number of rotatable bonds is 6. The van der Waals surface area contributed by atoms with Crippen LogP contribution in [0.2, 0.25) is 0 Å². The summed E-state index contributed by atoms with van der Waals surface area (Å²) in [6.07, 6.45) is 2.59. The summed E-state index contributed by atoms with van der Waals surface area (Å²) in [5, 5.41) is 3.48. The molecule has 0 bridgehead atoms. The molecular formula is C17H30ClFN4S. The summed E-state index contributed by atoms with van der Waals surface area (Å²) in [5.41, 5.74) is 2.99. The molecule has 3 rings (SSSR count). The number of hydrogen-bond acceptors (Lipinski definition) is 5. The first-order chi connectivity index (χ1) is 11.1. The third-order valence-corrected chi connectivity index (χ3v) is 6.08. The third kappa shape index (κ3) is 5.36. The van der Waals surface area contributed by atoms with Gasteiger partial charge in [0.1, 0.15) is 6.17 Å². The highest BCUT2D eigenvalue weighted by molar-refractivity contribution is 7.09. The van der Waals surface area contributed by atoms with Crippen LogP contribution in [-0.2, 0) is 6.54 Å². The van der Waals surface area contributed by atoms with Crippen LogP contribution in [0.5, 0.6) is 0 Å². The Morgan fingerprint density at radius 1 is 1.46 bits per heavy atom. The molecule has 1 aromatic rings. The molecule has 0 radical (unpaired) electrons. The quantitative estimate of drug-likeness (QED) is 0.827. The van der Waals surface area contributed by atoms with E-state index in [1.165, 1.54) is 17.7 Å². The molecule has 2 aliphatic heterocycles. The van der Waals surface area contributed by atoms with Crippen molar-refractivity contribution in [1.29, 1.82) is 0 Å². The summed E-state index contributed by atoms with van der Waals surface area (Å²) in [6.45, 7) is 7.84. The average Bonchev–Trinajstić information content (AvgIpc) is 3.07. The van der Waals surface area contributed by atoms with Crippen LogP contribution >= 0.6 is 23.7 Å². The Morgan fingerprint density at radius 2 is 2.29 bits per heavy atom. The number of likely N-dealkylation sites (tertiary alicyclic amines) is 1. The van der Waals surface area contributed by atoms with Gasteiger partial charge in [-0.25, -0.2) is 9.37 Å². The van der Waals surface area contributed by atoms with Gasteiger partial charge in [-0.3, -0.25) is 4.90 Å². The predicted octanol–water partition coefficient (Wildman–Crippen LogP) is 2.72. The molecule has 2 aliphatic rings. The van der Waals surface area contributed by atoms with Gasteiger partial charge >= 0.3 is 0 Å². The molecule has 1 N–H and O–H groups in total. The molecule has 0 amide bonds. The highest BCUT2D eigenvalue weighted by atomic mass is 35.5. The summed E-state index contributed by atoms with van der Waals surface area (Å²) < 4.78 is 14.0. The lowest BCUT2D eigenvalue weighted by Crippen LogP contribution is -2.42. The molecule has 138 valence electrons. The van der Waals surface area contributed by atoms with E-state index < -0.39 is 6.17 Å². The highest BCUT2D eigenvalue weighted by Gasteiger charge is 2.33. The summed E-state index contributed by atoms with van der Waals surface area (Å²) in [6, 6.07) is 0.327. The Morgan fingerprint density at radius 3 is 2.96 bits per heavy atom. The summed E-state index contributed by atoms with van der Waals surface area (Å²) >= 11 is 1.69. The molecule has 4 nitrogen and oxygen atoms in total.